The van der Waals surface area contributed by atoms with Crippen molar-refractivity contribution < 1.29 is 13.9 Å². The molecule has 0 saturated heterocycles. The van der Waals surface area contributed by atoms with E-state index in [1.54, 1.807) is 12.1 Å². The number of aliphatic hydroxyl groups is 1. The highest BCUT2D eigenvalue weighted by Crippen LogP contribution is 2.39. The third-order valence-corrected chi connectivity index (χ3v) is 10.7. The number of benzene rings is 1. The number of aromatic nitrogens is 1. The first kappa shape index (κ1) is 24.7. The summed E-state index contributed by atoms with van der Waals surface area (Å²) in [6, 6.07) is 7.07. The van der Waals surface area contributed by atoms with Gasteiger partial charge in [-0.2, -0.15) is 0 Å². The zero-order valence-corrected chi connectivity index (χ0v) is 21.1. The number of aliphatic hydroxyl groups excluding tert-OH is 1. The summed E-state index contributed by atoms with van der Waals surface area (Å²) < 4.78 is 20.6. The van der Waals surface area contributed by atoms with Gasteiger partial charge < -0.3 is 9.53 Å². The van der Waals surface area contributed by atoms with E-state index in [0.717, 1.165) is 28.1 Å². The van der Waals surface area contributed by atoms with E-state index in [9.17, 15) is 9.50 Å². The highest BCUT2D eigenvalue weighted by molar-refractivity contribution is 6.74. The lowest BCUT2D eigenvalue weighted by Gasteiger charge is -2.36. The predicted molar refractivity (Wildman–Crippen MR) is 126 cm³/mol. The molecule has 0 atom stereocenters. The van der Waals surface area contributed by atoms with Crippen molar-refractivity contribution in [3.8, 4) is 11.1 Å². The van der Waals surface area contributed by atoms with E-state index in [0.29, 0.717) is 12.2 Å². The molecule has 0 radical (unpaired) electrons. The maximum Gasteiger partial charge on any atom is 0.192 e. The van der Waals surface area contributed by atoms with Crippen LogP contribution in [0.5, 0.6) is 0 Å². The van der Waals surface area contributed by atoms with Crippen LogP contribution in [0.4, 0.5) is 4.39 Å². The normalized spacial score (nSPS) is 12.8. The second kappa shape index (κ2) is 9.29. The molecule has 0 spiro atoms. The molecule has 0 saturated carbocycles. The molecule has 0 amide bonds. The molecular formula is C25H38FNO2Si. The van der Waals surface area contributed by atoms with Crippen molar-refractivity contribution in [3.05, 3.63) is 52.6 Å². The fraction of sp³-hybridized carbons (Fsp3) is 0.560. The Morgan fingerprint density at radius 1 is 1.07 bits per heavy atom. The lowest BCUT2D eigenvalue weighted by molar-refractivity contribution is 0.274. The third kappa shape index (κ3) is 5.37. The monoisotopic (exact) mass is 431 g/mol. The Hall–Kier alpha value is -1.56. The maximum absolute atomic E-state index is 14.0. The zero-order valence-electron chi connectivity index (χ0n) is 20.1. The molecule has 2 rings (SSSR count). The molecule has 0 unspecified atom stereocenters. The Morgan fingerprint density at radius 3 is 2.20 bits per heavy atom. The SMILES string of the molecule is CC(C)c1cc(-c2ccc(F)c(CO)c2)c(CO[Si](C)(C)C(C)(C)C)c(C(C)C)n1. The van der Waals surface area contributed by atoms with Crippen LogP contribution in [-0.2, 0) is 17.6 Å². The Labute approximate surface area is 182 Å². The molecule has 5 heteroatoms. The van der Waals surface area contributed by atoms with Crippen LogP contribution < -0.4 is 0 Å². The molecule has 0 aliphatic heterocycles. The van der Waals surface area contributed by atoms with Crippen LogP contribution in [0.1, 0.15) is 82.8 Å². The first-order valence-corrected chi connectivity index (χ1v) is 13.8. The average Bonchev–Trinajstić information content (AvgIpc) is 2.65. The smallest absolute Gasteiger partial charge is 0.192 e. The second-order valence-corrected chi connectivity index (χ2v) is 15.1. The van der Waals surface area contributed by atoms with Crippen LogP contribution in [0.25, 0.3) is 11.1 Å². The molecule has 1 aromatic carbocycles. The Morgan fingerprint density at radius 2 is 1.70 bits per heavy atom. The van der Waals surface area contributed by atoms with Gasteiger partial charge in [-0.3, -0.25) is 4.98 Å². The van der Waals surface area contributed by atoms with Crippen LogP contribution in [0.2, 0.25) is 18.1 Å². The van der Waals surface area contributed by atoms with Crippen molar-refractivity contribution in [2.24, 2.45) is 0 Å². The fourth-order valence-electron chi connectivity index (χ4n) is 3.13. The van der Waals surface area contributed by atoms with Gasteiger partial charge in [-0.1, -0.05) is 54.5 Å². The summed E-state index contributed by atoms with van der Waals surface area (Å²) >= 11 is 0. The van der Waals surface area contributed by atoms with Crippen LogP contribution in [0, 0.1) is 5.82 Å². The minimum absolute atomic E-state index is 0.108. The topological polar surface area (TPSA) is 42.4 Å². The second-order valence-electron chi connectivity index (χ2n) is 10.3. The molecule has 3 nitrogen and oxygen atoms in total. The van der Waals surface area contributed by atoms with Crippen molar-refractivity contribution in [3.63, 3.8) is 0 Å². The van der Waals surface area contributed by atoms with Gasteiger partial charge in [-0.15, -0.1) is 0 Å². The molecule has 1 heterocycles. The summed E-state index contributed by atoms with van der Waals surface area (Å²) in [7, 11) is -1.96. The van der Waals surface area contributed by atoms with E-state index < -0.39 is 8.32 Å². The predicted octanol–water partition coefficient (Wildman–Crippen LogP) is 7.15. The highest BCUT2D eigenvalue weighted by atomic mass is 28.4. The van der Waals surface area contributed by atoms with Gasteiger partial charge >= 0.3 is 0 Å². The van der Waals surface area contributed by atoms with Crippen LogP contribution in [0.15, 0.2) is 24.3 Å². The minimum atomic E-state index is -1.96. The Kier molecular flexibility index (Phi) is 7.65. The lowest BCUT2D eigenvalue weighted by atomic mass is 9.91. The number of halogens is 1. The molecule has 30 heavy (non-hydrogen) atoms. The standard InChI is InChI=1S/C25H38FNO2Si/c1-16(2)23-13-20(18-10-11-22(26)19(12-18)14-28)21(24(27-23)17(3)4)15-29-30(8,9)25(5,6)7/h10-13,16-17,28H,14-15H2,1-9H3. The van der Waals surface area contributed by atoms with Crippen molar-refractivity contribution in [1.82, 2.24) is 4.98 Å². The van der Waals surface area contributed by atoms with Gasteiger partial charge in [0.25, 0.3) is 0 Å². The fourth-order valence-corrected chi connectivity index (χ4v) is 4.07. The van der Waals surface area contributed by atoms with Crippen molar-refractivity contribution in [2.75, 3.05) is 0 Å². The molecule has 166 valence electrons. The quantitative estimate of drug-likeness (QED) is 0.473. The van der Waals surface area contributed by atoms with Crippen molar-refractivity contribution >= 4 is 8.32 Å². The summed E-state index contributed by atoms with van der Waals surface area (Å²) in [5.74, 6) is 0.121. The molecule has 1 N–H and O–H groups in total. The molecule has 0 fully saturated rings. The molecule has 1 aromatic heterocycles. The third-order valence-electron chi connectivity index (χ3n) is 6.23. The average molecular weight is 432 g/mol. The van der Waals surface area contributed by atoms with Gasteiger partial charge in [0, 0.05) is 22.5 Å². The molecule has 2 aromatic rings. The number of hydrogen-bond acceptors (Lipinski definition) is 3. The van der Waals surface area contributed by atoms with Gasteiger partial charge in [0.05, 0.1) is 13.2 Å². The van der Waals surface area contributed by atoms with Crippen LogP contribution in [-0.4, -0.2) is 18.4 Å². The van der Waals surface area contributed by atoms with E-state index in [2.05, 4.69) is 67.6 Å². The molecule has 0 bridgehead atoms. The van der Waals surface area contributed by atoms with Gasteiger partial charge in [0.1, 0.15) is 5.82 Å². The highest BCUT2D eigenvalue weighted by Gasteiger charge is 2.37. The summed E-state index contributed by atoms with van der Waals surface area (Å²) in [5, 5.41) is 9.68. The van der Waals surface area contributed by atoms with E-state index in [1.165, 1.54) is 6.07 Å². The molecule has 0 aliphatic carbocycles. The Balaban J connectivity index is 2.69. The zero-order chi connectivity index (χ0) is 22.9. The number of nitrogens with zero attached hydrogens (tertiary/aromatic N) is 1. The van der Waals surface area contributed by atoms with Gasteiger partial charge in [-0.25, -0.2) is 4.39 Å². The molecular weight excluding hydrogens is 393 g/mol. The van der Waals surface area contributed by atoms with Gasteiger partial charge in [-0.05, 0) is 59.3 Å². The summed E-state index contributed by atoms with van der Waals surface area (Å²) in [6.45, 7) is 19.9. The summed E-state index contributed by atoms with van der Waals surface area (Å²) in [5.41, 5.74) is 5.32. The van der Waals surface area contributed by atoms with E-state index >= 15 is 0 Å². The first-order chi connectivity index (χ1) is 13.8. The van der Waals surface area contributed by atoms with Crippen molar-refractivity contribution in [1.29, 1.82) is 0 Å². The van der Waals surface area contributed by atoms with Crippen LogP contribution in [0.3, 0.4) is 0 Å². The molecule has 0 aliphatic rings. The van der Waals surface area contributed by atoms with Gasteiger partial charge in [0.2, 0.25) is 0 Å². The number of pyridine rings is 1. The number of hydrogen-bond donors (Lipinski definition) is 1. The largest absolute Gasteiger partial charge is 0.412 e. The first-order valence-electron chi connectivity index (χ1n) is 10.9. The van der Waals surface area contributed by atoms with Crippen LogP contribution >= 0.6 is 0 Å². The Bertz CT molecular complexity index is 885. The number of rotatable bonds is 7. The van der Waals surface area contributed by atoms with Crippen molar-refractivity contribution in [2.45, 2.75) is 91.6 Å². The lowest BCUT2D eigenvalue weighted by Crippen LogP contribution is -2.40. The summed E-state index contributed by atoms with van der Waals surface area (Å²) in [6.07, 6.45) is 0. The maximum atomic E-state index is 14.0. The van der Waals surface area contributed by atoms with E-state index in [1.807, 2.05) is 0 Å². The van der Waals surface area contributed by atoms with E-state index in [-0.39, 0.29) is 29.3 Å². The van der Waals surface area contributed by atoms with Gasteiger partial charge in [0.15, 0.2) is 8.32 Å². The van der Waals surface area contributed by atoms with E-state index in [4.69, 9.17) is 9.41 Å². The minimum Gasteiger partial charge on any atom is -0.412 e. The summed E-state index contributed by atoms with van der Waals surface area (Å²) in [4.78, 5) is 4.99.